The Balaban J connectivity index is 2.02. The molecule has 4 heteroatoms. The molecule has 20 heavy (non-hydrogen) atoms. The van der Waals surface area contributed by atoms with E-state index in [2.05, 4.69) is 46.0 Å². The van der Waals surface area contributed by atoms with E-state index in [4.69, 9.17) is 0 Å². The van der Waals surface area contributed by atoms with Gasteiger partial charge in [0.15, 0.2) is 0 Å². The van der Waals surface area contributed by atoms with Crippen LogP contribution in [-0.2, 0) is 6.42 Å². The molecular formula is C16H16BrNOS. The van der Waals surface area contributed by atoms with E-state index in [1.807, 2.05) is 37.3 Å². The highest BCUT2D eigenvalue weighted by molar-refractivity contribution is 9.10. The number of rotatable bonds is 4. The smallest absolute Gasteiger partial charge is 0.252 e. The molecule has 0 radical (unpaired) electrons. The van der Waals surface area contributed by atoms with Gasteiger partial charge in [0.1, 0.15) is 0 Å². The third-order valence-corrected chi connectivity index (χ3v) is 3.93. The summed E-state index contributed by atoms with van der Waals surface area (Å²) in [6.45, 7) is 2.00. The largest absolute Gasteiger partial charge is 0.349 e. The molecule has 2 rings (SSSR count). The number of hydrogen-bond donors (Lipinski definition) is 2. The summed E-state index contributed by atoms with van der Waals surface area (Å²) >= 11 is 7.66. The quantitative estimate of drug-likeness (QED) is 0.799. The molecule has 0 heterocycles. The SMILES string of the molecule is CC(Cc1ccccc1)NC(=O)c1cc(S)ccc1Br. The molecule has 2 aromatic carbocycles. The number of thiol groups is 1. The van der Waals surface area contributed by atoms with Crippen LogP contribution in [-0.4, -0.2) is 11.9 Å². The van der Waals surface area contributed by atoms with Gasteiger partial charge in [0.2, 0.25) is 0 Å². The lowest BCUT2D eigenvalue weighted by Gasteiger charge is -2.15. The van der Waals surface area contributed by atoms with Gasteiger partial charge in [0, 0.05) is 15.4 Å². The van der Waals surface area contributed by atoms with Crippen molar-refractivity contribution in [2.45, 2.75) is 24.3 Å². The van der Waals surface area contributed by atoms with Crippen molar-refractivity contribution in [3.8, 4) is 0 Å². The van der Waals surface area contributed by atoms with Crippen LogP contribution in [0.2, 0.25) is 0 Å². The van der Waals surface area contributed by atoms with E-state index in [1.165, 1.54) is 5.56 Å². The first-order chi connectivity index (χ1) is 9.56. The number of amides is 1. The van der Waals surface area contributed by atoms with Crippen LogP contribution in [0, 0.1) is 0 Å². The van der Waals surface area contributed by atoms with Gasteiger partial charge in [-0.25, -0.2) is 0 Å². The third kappa shape index (κ3) is 4.12. The van der Waals surface area contributed by atoms with Gasteiger partial charge >= 0.3 is 0 Å². The van der Waals surface area contributed by atoms with Gasteiger partial charge in [-0.15, -0.1) is 12.6 Å². The highest BCUT2D eigenvalue weighted by Gasteiger charge is 2.13. The van der Waals surface area contributed by atoms with Crippen LogP contribution < -0.4 is 5.32 Å². The maximum Gasteiger partial charge on any atom is 0.252 e. The molecule has 0 saturated heterocycles. The van der Waals surface area contributed by atoms with Crippen molar-refractivity contribution in [1.29, 1.82) is 0 Å². The second-order valence-electron chi connectivity index (χ2n) is 4.73. The van der Waals surface area contributed by atoms with E-state index in [9.17, 15) is 4.79 Å². The topological polar surface area (TPSA) is 29.1 Å². The third-order valence-electron chi connectivity index (χ3n) is 2.96. The fourth-order valence-corrected chi connectivity index (χ4v) is 2.64. The zero-order valence-corrected chi connectivity index (χ0v) is 13.6. The fourth-order valence-electron chi connectivity index (χ4n) is 2.01. The number of carbonyl (C=O) groups excluding carboxylic acids is 1. The molecule has 0 aliphatic rings. The molecule has 1 unspecified atom stereocenters. The Labute approximate surface area is 133 Å². The Morgan fingerprint density at radius 1 is 1.25 bits per heavy atom. The summed E-state index contributed by atoms with van der Waals surface area (Å²) in [7, 11) is 0. The minimum absolute atomic E-state index is 0.0698. The molecule has 0 aromatic heterocycles. The standard InChI is InChI=1S/C16H16BrNOS/c1-11(9-12-5-3-2-4-6-12)18-16(19)14-10-13(20)7-8-15(14)17/h2-8,10-11,20H,9H2,1H3,(H,18,19). The van der Waals surface area contributed by atoms with Gasteiger partial charge in [0.05, 0.1) is 5.56 Å². The van der Waals surface area contributed by atoms with Crippen LogP contribution in [0.1, 0.15) is 22.8 Å². The molecule has 2 aromatic rings. The lowest BCUT2D eigenvalue weighted by Crippen LogP contribution is -2.34. The van der Waals surface area contributed by atoms with Crippen LogP contribution in [0.4, 0.5) is 0 Å². The summed E-state index contributed by atoms with van der Waals surface area (Å²) in [4.78, 5) is 13.0. The van der Waals surface area contributed by atoms with Gasteiger partial charge in [-0.05, 0) is 53.0 Å². The van der Waals surface area contributed by atoms with Crippen LogP contribution >= 0.6 is 28.6 Å². The van der Waals surface area contributed by atoms with E-state index < -0.39 is 0 Å². The van der Waals surface area contributed by atoms with Crippen molar-refractivity contribution in [1.82, 2.24) is 5.32 Å². The summed E-state index contributed by atoms with van der Waals surface area (Å²) in [6, 6.07) is 15.6. The van der Waals surface area contributed by atoms with E-state index in [0.717, 1.165) is 15.8 Å². The molecule has 0 aliphatic carbocycles. The first kappa shape index (κ1) is 15.1. The number of halogens is 1. The Bertz CT molecular complexity index is 601. The molecule has 0 saturated carbocycles. The van der Waals surface area contributed by atoms with Crippen LogP contribution in [0.25, 0.3) is 0 Å². The van der Waals surface area contributed by atoms with Gasteiger partial charge < -0.3 is 5.32 Å². The fraction of sp³-hybridized carbons (Fsp3) is 0.188. The minimum atomic E-state index is -0.0868. The van der Waals surface area contributed by atoms with Crippen LogP contribution in [0.3, 0.4) is 0 Å². The predicted molar refractivity (Wildman–Crippen MR) is 88.5 cm³/mol. The molecule has 0 aliphatic heterocycles. The van der Waals surface area contributed by atoms with Crippen molar-refractivity contribution in [3.05, 3.63) is 64.1 Å². The first-order valence-electron chi connectivity index (χ1n) is 6.39. The minimum Gasteiger partial charge on any atom is -0.349 e. The highest BCUT2D eigenvalue weighted by Crippen LogP contribution is 2.20. The zero-order chi connectivity index (χ0) is 14.5. The van der Waals surface area contributed by atoms with Gasteiger partial charge in [-0.1, -0.05) is 30.3 Å². The van der Waals surface area contributed by atoms with Crippen LogP contribution in [0.15, 0.2) is 57.9 Å². The Morgan fingerprint density at radius 2 is 1.95 bits per heavy atom. The van der Waals surface area contributed by atoms with E-state index in [1.54, 1.807) is 6.07 Å². The van der Waals surface area contributed by atoms with E-state index in [-0.39, 0.29) is 11.9 Å². The van der Waals surface area contributed by atoms with Crippen molar-refractivity contribution in [3.63, 3.8) is 0 Å². The molecular weight excluding hydrogens is 334 g/mol. The lowest BCUT2D eigenvalue weighted by molar-refractivity contribution is 0.0939. The molecule has 2 nitrogen and oxygen atoms in total. The van der Waals surface area contributed by atoms with E-state index >= 15 is 0 Å². The van der Waals surface area contributed by atoms with Crippen molar-refractivity contribution in [2.75, 3.05) is 0 Å². The summed E-state index contributed by atoms with van der Waals surface area (Å²) in [5.74, 6) is -0.0868. The number of nitrogens with one attached hydrogen (secondary N) is 1. The van der Waals surface area contributed by atoms with Crippen molar-refractivity contribution < 1.29 is 4.79 Å². The first-order valence-corrected chi connectivity index (χ1v) is 7.63. The summed E-state index contributed by atoms with van der Waals surface area (Å²) in [5.41, 5.74) is 1.82. The number of carbonyl (C=O) groups is 1. The van der Waals surface area contributed by atoms with Gasteiger partial charge in [0.25, 0.3) is 5.91 Å². The predicted octanol–water partition coefficient (Wildman–Crippen LogP) is 4.10. The number of hydrogen-bond acceptors (Lipinski definition) is 2. The molecule has 1 atom stereocenters. The Morgan fingerprint density at radius 3 is 2.65 bits per heavy atom. The molecule has 0 fully saturated rings. The molecule has 0 bridgehead atoms. The Hall–Kier alpha value is -1.26. The lowest BCUT2D eigenvalue weighted by atomic mass is 10.1. The second-order valence-corrected chi connectivity index (χ2v) is 6.10. The second kappa shape index (κ2) is 6.95. The average molecular weight is 350 g/mol. The molecule has 1 N–H and O–H groups in total. The Kier molecular flexibility index (Phi) is 5.26. The highest BCUT2D eigenvalue weighted by atomic mass is 79.9. The normalized spacial score (nSPS) is 11.9. The molecule has 0 spiro atoms. The monoisotopic (exact) mass is 349 g/mol. The van der Waals surface area contributed by atoms with Gasteiger partial charge in [-0.3, -0.25) is 4.79 Å². The maximum atomic E-state index is 12.2. The summed E-state index contributed by atoms with van der Waals surface area (Å²) in [5, 5.41) is 3.01. The maximum absolute atomic E-state index is 12.2. The molecule has 104 valence electrons. The zero-order valence-electron chi connectivity index (χ0n) is 11.1. The van der Waals surface area contributed by atoms with Crippen LogP contribution in [0.5, 0.6) is 0 Å². The number of benzene rings is 2. The summed E-state index contributed by atoms with van der Waals surface area (Å²) < 4.78 is 0.778. The average Bonchev–Trinajstić information content (AvgIpc) is 2.42. The molecule has 1 amide bonds. The summed E-state index contributed by atoms with van der Waals surface area (Å²) in [6.07, 6.45) is 0.810. The van der Waals surface area contributed by atoms with Crippen molar-refractivity contribution >= 4 is 34.5 Å². The van der Waals surface area contributed by atoms with E-state index in [0.29, 0.717) is 5.56 Å². The van der Waals surface area contributed by atoms with Gasteiger partial charge in [-0.2, -0.15) is 0 Å². The van der Waals surface area contributed by atoms with Crippen molar-refractivity contribution in [2.24, 2.45) is 0 Å².